The molecule has 0 aromatic carbocycles. The Bertz CT molecular complexity index is 740. The molecule has 1 saturated heterocycles. The van der Waals surface area contributed by atoms with Gasteiger partial charge in [-0.15, -0.1) is 0 Å². The molecule has 7 heteroatoms. The van der Waals surface area contributed by atoms with Gasteiger partial charge in [0.25, 0.3) is 0 Å². The molecule has 0 bridgehead atoms. The number of carbonyl (C=O) groups is 1. The predicted molar refractivity (Wildman–Crippen MR) is 98.7 cm³/mol. The van der Waals surface area contributed by atoms with E-state index in [1.165, 1.54) is 0 Å². The van der Waals surface area contributed by atoms with E-state index in [0.29, 0.717) is 25.8 Å². The maximum atomic E-state index is 12.1. The number of anilines is 1. The Kier molecular flexibility index (Phi) is 5.78. The SMILES string of the molecule is Cc1cc(N2CCC[C@@](O)(CNC(=O)CCc3cccnc3)C2)ncn1. The van der Waals surface area contributed by atoms with Crippen LogP contribution in [0, 0.1) is 6.92 Å². The second-order valence-electron chi connectivity index (χ2n) is 6.91. The van der Waals surface area contributed by atoms with Gasteiger partial charge in [-0.2, -0.15) is 0 Å². The second-order valence-corrected chi connectivity index (χ2v) is 6.91. The van der Waals surface area contributed by atoms with Gasteiger partial charge in [0.15, 0.2) is 0 Å². The maximum absolute atomic E-state index is 12.1. The summed E-state index contributed by atoms with van der Waals surface area (Å²) < 4.78 is 0. The van der Waals surface area contributed by atoms with Crippen LogP contribution in [0.2, 0.25) is 0 Å². The summed E-state index contributed by atoms with van der Waals surface area (Å²) >= 11 is 0. The standard InChI is InChI=1S/C19H25N5O2/c1-15-10-17(23-14-22-15)24-9-3-7-19(26,13-24)12-21-18(25)6-5-16-4-2-8-20-11-16/h2,4,8,10-11,14,26H,3,5-7,9,12-13H2,1H3,(H,21,25)/t19-/m1/s1. The smallest absolute Gasteiger partial charge is 0.220 e. The van der Waals surface area contributed by atoms with E-state index in [9.17, 15) is 9.90 Å². The average molecular weight is 355 g/mol. The number of aromatic nitrogens is 3. The van der Waals surface area contributed by atoms with Crippen LogP contribution >= 0.6 is 0 Å². The van der Waals surface area contributed by atoms with Crippen LogP contribution in [0.4, 0.5) is 5.82 Å². The molecule has 1 atom stereocenters. The molecule has 0 aliphatic carbocycles. The van der Waals surface area contributed by atoms with E-state index in [4.69, 9.17) is 0 Å². The van der Waals surface area contributed by atoms with Gasteiger partial charge in [0.2, 0.25) is 5.91 Å². The minimum Gasteiger partial charge on any atom is -0.386 e. The minimum absolute atomic E-state index is 0.0581. The fraction of sp³-hybridized carbons (Fsp3) is 0.474. The lowest BCUT2D eigenvalue weighted by Gasteiger charge is -2.39. The van der Waals surface area contributed by atoms with Crippen molar-refractivity contribution in [3.8, 4) is 0 Å². The Balaban J connectivity index is 1.51. The molecule has 26 heavy (non-hydrogen) atoms. The van der Waals surface area contributed by atoms with Gasteiger partial charge < -0.3 is 15.3 Å². The van der Waals surface area contributed by atoms with Gasteiger partial charge in [-0.3, -0.25) is 9.78 Å². The van der Waals surface area contributed by atoms with Crippen molar-refractivity contribution in [2.75, 3.05) is 24.5 Å². The highest BCUT2D eigenvalue weighted by molar-refractivity contribution is 5.76. The molecule has 3 heterocycles. The van der Waals surface area contributed by atoms with Crippen molar-refractivity contribution in [1.82, 2.24) is 20.3 Å². The monoisotopic (exact) mass is 355 g/mol. The van der Waals surface area contributed by atoms with Crippen LogP contribution < -0.4 is 10.2 Å². The number of nitrogens with one attached hydrogen (secondary N) is 1. The number of rotatable bonds is 6. The third-order valence-electron chi connectivity index (χ3n) is 4.65. The summed E-state index contributed by atoms with van der Waals surface area (Å²) in [5, 5.41) is 13.8. The molecule has 7 nitrogen and oxygen atoms in total. The molecule has 1 amide bonds. The highest BCUT2D eigenvalue weighted by Crippen LogP contribution is 2.24. The lowest BCUT2D eigenvalue weighted by molar-refractivity contribution is -0.122. The Morgan fingerprint density at radius 2 is 2.31 bits per heavy atom. The second kappa shape index (κ2) is 8.23. The third-order valence-corrected chi connectivity index (χ3v) is 4.65. The largest absolute Gasteiger partial charge is 0.386 e. The number of carbonyl (C=O) groups excluding carboxylic acids is 1. The molecule has 1 aliphatic heterocycles. The minimum atomic E-state index is -0.943. The Labute approximate surface area is 153 Å². The van der Waals surface area contributed by atoms with Crippen LogP contribution in [0.3, 0.4) is 0 Å². The molecule has 138 valence electrons. The molecule has 0 saturated carbocycles. The van der Waals surface area contributed by atoms with Gasteiger partial charge >= 0.3 is 0 Å². The lowest BCUT2D eigenvalue weighted by atomic mass is 9.92. The van der Waals surface area contributed by atoms with E-state index in [1.807, 2.05) is 25.1 Å². The first-order valence-corrected chi connectivity index (χ1v) is 8.96. The molecule has 0 spiro atoms. The van der Waals surface area contributed by atoms with Gasteiger partial charge in [-0.1, -0.05) is 6.07 Å². The lowest BCUT2D eigenvalue weighted by Crippen LogP contribution is -2.54. The van der Waals surface area contributed by atoms with E-state index in [-0.39, 0.29) is 12.5 Å². The van der Waals surface area contributed by atoms with Crippen LogP contribution in [-0.4, -0.2) is 51.2 Å². The van der Waals surface area contributed by atoms with Gasteiger partial charge in [0.1, 0.15) is 12.1 Å². The molecule has 2 aromatic heterocycles. The highest BCUT2D eigenvalue weighted by Gasteiger charge is 2.34. The fourth-order valence-electron chi connectivity index (χ4n) is 3.22. The van der Waals surface area contributed by atoms with E-state index in [0.717, 1.165) is 30.0 Å². The van der Waals surface area contributed by atoms with Gasteiger partial charge in [-0.25, -0.2) is 9.97 Å². The van der Waals surface area contributed by atoms with Crippen molar-refractivity contribution in [2.24, 2.45) is 0 Å². The molecule has 1 aliphatic rings. The number of nitrogens with zero attached hydrogens (tertiary/aromatic N) is 4. The van der Waals surface area contributed by atoms with E-state index < -0.39 is 5.60 Å². The molecule has 2 aromatic rings. The topological polar surface area (TPSA) is 91.2 Å². The van der Waals surface area contributed by atoms with Crippen molar-refractivity contribution in [2.45, 2.75) is 38.2 Å². The molecular formula is C19H25N5O2. The Morgan fingerprint density at radius 1 is 1.42 bits per heavy atom. The zero-order valence-electron chi connectivity index (χ0n) is 15.1. The number of pyridine rings is 1. The van der Waals surface area contributed by atoms with Crippen molar-refractivity contribution in [3.63, 3.8) is 0 Å². The Hall–Kier alpha value is -2.54. The summed E-state index contributed by atoms with van der Waals surface area (Å²) in [6.45, 7) is 3.46. The zero-order chi connectivity index (χ0) is 18.4. The molecular weight excluding hydrogens is 330 g/mol. The van der Waals surface area contributed by atoms with Gasteiger partial charge in [0, 0.05) is 50.2 Å². The highest BCUT2D eigenvalue weighted by atomic mass is 16.3. The summed E-state index contributed by atoms with van der Waals surface area (Å²) in [7, 11) is 0. The number of piperidine rings is 1. The first-order valence-electron chi connectivity index (χ1n) is 8.96. The third kappa shape index (κ3) is 4.98. The van der Waals surface area contributed by atoms with Crippen LogP contribution in [0.15, 0.2) is 36.9 Å². The van der Waals surface area contributed by atoms with Crippen LogP contribution in [0.1, 0.15) is 30.5 Å². The first-order chi connectivity index (χ1) is 12.5. The summed E-state index contributed by atoms with van der Waals surface area (Å²) in [5.74, 6) is 0.760. The molecule has 1 fully saturated rings. The normalized spacial score (nSPS) is 20.0. The van der Waals surface area contributed by atoms with Crippen molar-refractivity contribution >= 4 is 11.7 Å². The molecule has 0 unspecified atom stereocenters. The number of aryl methyl sites for hydroxylation is 2. The number of β-amino-alcohol motifs (C(OH)–C–C–N with tert-alkyl or cyclic N) is 1. The van der Waals surface area contributed by atoms with Crippen molar-refractivity contribution in [1.29, 1.82) is 0 Å². The van der Waals surface area contributed by atoms with E-state index in [1.54, 1.807) is 18.7 Å². The van der Waals surface area contributed by atoms with Crippen LogP contribution in [0.25, 0.3) is 0 Å². The summed E-state index contributed by atoms with van der Waals surface area (Å²) in [6, 6.07) is 5.73. The van der Waals surface area contributed by atoms with E-state index in [2.05, 4.69) is 25.2 Å². The molecule has 0 radical (unpaired) electrons. The Morgan fingerprint density at radius 3 is 3.08 bits per heavy atom. The van der Waals surface area contributed by atoms with Crippen molar-refractivity contribution < 1.29 is 9.90 Å². The molecule has 3 rings (SSSR count). The summed E-state index contributed by atoms with van der Waals surface area (Å²) in [4.78, 5) is 26.6. The number of hydrogen-bond donors (Lipinski definition) is 2. The van der Waals surface area contributed by atoms with Crippen molar-refractivity contribution in [3.05, 3.63) is 48.2 Å². The average Bonchev–Trinajstić information content (AvgIpc) is 2.66. The first kappa shape index (κ1) is 18.3. The maximum Gasteiger partial charge on any atom is 0.220 e. The number of amides is 1. The van der Waals surface area contributed by atoms with Crippen LogP contribution in [-0.2, 0) is 11.2 Å². The van der Waals surface area contributed by atoms with Gasteiger partial charge in [-0.05, 0) is 37.8 Å². The predicted octanol–water partition coefficient (Wildman–Crippen LogP) is 1.26. The van der Waals surface area contributed by atoms with E-state index >= 15 is 0 Å². The number of aliphatic hydroxyl groups is 1. The number of hydrogen-bond acceptors (Lipinski definition) is 6. The summed E-state index contributed by atoms with van der Waals surface area (Å²) in [6.07, 6.45) is 7.57. The zero-order valence-corrected chi connectivity index (χ0v) is 15.1. The van der Waals surface area contributed by atoms with Crippen LogP contribution in [0.5, 0.6) is 0 Å². The van der Waals surface area contributed by atoms with Gasteiger partial charge in [0.05, 0.1) is 5.60 Å². The quantitative estimate of drug-likeness (QED) is 0.811. The molecule has 2 N–H and O–H groups in total. The summed E-state index contributed by atoms with van der Waals surface area (Å²) in [5.41, 5.74) is 0.985. The fourth-order valence-corrected chi connectivity index (χ4v) is 3.22.